The summed E-state index contributed by atoms with van der Waals surface area (Å²) >= 11 is 3.06. The van der Waals surface area contributed by atoms with Gasteiger partial charge in [-0.1, -0.05) is 36.0 Å². The molecule has 130 valence electrons. The van der Waals surface area contributed by atoms with Gasteiger partial charge in [-0.15, -0.1) is 11.3 Å². The monoisotopic (exact) mass is 381 g/mol. The molecule has 2 aromatic carbocycles. The number of hydrogen-bond acceptors (Lipinski definition) is 6. The molecule has 0 spiro atoms. The summed E-state index contributed by atoms with van der Waals surface area (Å²) in [4.78, 5) is 20.6. The molecule has 0 aliphatic heterocycles. The summed E-state index contributed by atoms with van der Waals surface area (Å²) in [6, 6.07) is 15.7. The maximum absolute atomic E-state index is 12.2. The van der Waals surface area contributed by atoms with E-state index >= 15 is 0 Å². The quantitative estimate of drug-likeness (QED) is 0.516. The number of rotatable bonds is 6. The van der Waals surface area contributed by atoms with Gasteiger partial charge in [-0.3, -0.25) is 4.79 Å². The summed E-state index contributed by atoms with van der Waals surface area (Å²) in [7, 11) is 0. The number of carbonyl (C=O) groups excluding carboxylic acids is 1. The van der Waals surface area contributed by atoms with Crippen molar-refractivity contribution in [1.82, 2.24) is 19.7 Å². The van der Waals surface area contributed by atoms with E-state index in [1.165, 1.54) is 18.1 Å². The normalized spacial score (nSPS) is 10.9. The van der Waals surface area contributed by atoms with E-state index in [0.717, 1.165) is 25.8 Å². The molecule has 4 rings (SSSR count). The Hall–Kier alpha value is -2.71. The molecule has 8 heteroatoms. The van der Waals surface area contributed by atoms with Crippen molar-refractivity contribution in [1.29, 1.82) is 0 Å². The summed E-state index contributed by atoms with van der Waals surface area (Å²) in [6.07, 6.45) is 3.19. The smallest absolute Gasteiger partial charge is 0.234 e. The molecule has 0 atom stereocenters. The minimum atomic E-state index is -0.0433. The van der Waals surface area contributed by atoms with E-state index in [9.17, 15) is 4.79 Å². The number of para-hydroxylation sites is 1. The number of aromatic nitrogens is 4. The number of nitrogens with one attached hydrogen (secondary N) is 1. The fourth-order valence-corrected chi connectivity index (χ4v) is 4.30. The molecule has 0 bridgehead atoms. The Balaban J connectivity index is 1.31. The Bertz CT molecular complexity index is 979. The Labute approximate surface area is 158 Å². The lowest BCUT2D eigenvalue weighted by Gasteiger charge is -2.06. The second-order valence-corrected chi connectivity index (χ2v) is 7.83. The molecule has 2 aromatic heterocycles. The largest absolute Gasteiger partial charge is 0.325 e. The first-order chi connectivity index (χ1) is 12.8. The summed E-state index contributed by atoms with van der Waals surface area (Å²) in [6.45, 7) is 0.654. The Morgan fingerprint density at radius 1 is 1.15 bits per heavy atom. The number of thioether (sulfide) groups is 1. The fourth-order valence-electron chi connectivity index (χ4n) is 2.43. The van der Waals surface area contributed by atoms with Gasteiger partial charge >= 0.3 is 0 Å². The van der Waals surface area contributed by atoms with Crippen molar-refractivity contribution in [3.8, 4) is 0 Å². The van der Waals surface area contributed by atoms with Crippen molar-refractivity contribution < 1.29 is 4.79 Å². The Morgan fingerprint density at radius 3 is 2.77 bits per heavy atom. The van der Waals surface area contributed by atoms with E-state index in [0.29, 0.717) is 12.3 Å². The van der Waals surface area contributed by atoms with Gasteiger partial charge in [0, 0.05) is 5.69 Å². The third kappa shape index (κ3) is 4.09. The summed E-state index contributed by atoms with van der Waals surface area (Å²) in [5, 5.41) is 6.99. The van der Waals surface area contributed by atoms with E-state index in [2.05, 4.69) is 20.4 Å². The van der Waals surface area contributed by atoms with Crippen LogP contribution in [0.25, 0.3) is 10.2 Å². The molecule has 0 fully saturated rings. The van der Waals surface area contributed by atoms with Crippen LogP contribution in [0, 0.1) is 0 Å². The number of fused-ring (bicyclic) bond motifs is 1. The van der Waals surface area contributed by atoms with Gasteiger partial charge in [0.25, 0.3) is 0 Å². The molecule has 0 saturated carbocycles. The average Bonchev–Trinajstić information content (AvgIpc) is 3.30. The SMILES string of the molecule is O=C(CSc1nc2ccccc2s1)Nc1ccc(Cn2cncn2)cc1. The molecule has 26 heavy (non-hydrogen) atoms. The van der Waals surface area contributed by atoms with E-state index in [1.807, 2.05) is 48.5 Å². The first-order valence-corrected chi connectivity index (χ1v) is 9.76. The second kappa shape index (κ2) is 7.67. The molecule has 0 radical (unpaired) electrons. The highest BCUT2D eigenvalue weighted by Gasteiger charge is 2.08. The number of carbonyl (C=O) groups is 1. The molecule has 0 aliphatic carbocycles. The molecule has 0 saturated heterocycles. The van der Waals surface area contributed by atoms with Crippen LogP contribution in [0.15, 0.2) is 65.5 Å². The summed E-state index contributed by atoms with van der Waals surface area (Å²) in [5.74, 6) is 0.291. The van der Waals surface area contributed by atoms with Crippen molar-refractivity contribution in [3.63, 3.8) is 0 Å². The average molecular weight is 381 g/mol. The lowest BCUT2D eigenvalue weighted by atomic mass is 10.2. The highest BCUT2D eigenvalue weighted by Crippen LogP contribution is 2.29. The van der Waals surface area contributed by atoms with E-state index in [4.69, 9.17) is 0 Å². The number of anilines is 1. The first kappa shape index (κ1) is 16.7. The minimum Gasteiger partial charge on any atom is -0.325 e. The van der Waals surface area contributed by atoms with Gasteiger partial charge in [0.2, 0.25) is 5.91 Å². The third-order valence-corrected chi connectivity index (χ3v) is 5.83. The standard InChI is InChI=1S/C18H15N5OS2/c24-17(10-25-18-22-15-3-1-2-4-16(15)26-18)21-14-7-5-13(6-8-14)9-23-12-19-11-20-23/h1-8,11-12H,9-10H2,(H,21,24). The first-order valence-electron chi connectivity index (χ1n) is 7.96. The number of nitrogens with zero attached hydrogens (tertiary/aromatic N) is 4. The summed E-state index contributed by atoms with van der Waals surface area (Å²) < 4.78 is 3.80. The molecular weight excluding hydrogens is 366 g/mol. The van der Waals surface area contributed by atoms with Crippen LogP contribution in [0.3, 0.4) is 0 Å². The third-order valence-electron chi connectivity index (χ3n) is 3.65. The van der Waals surface area contributed by atoms with Crippen LogP contribution in [-0.2, 0) is 11.3 Å². The van der Waals surface area contributed by atoms with Crippen molar-refractivity contribution in [2.75, 3.05) is 11.1 Å². The van der Waals surface area contributed by atoms with E-state index in [1.54, 1.807) is 22.3 Å². The van der Waals surface area contributed by atoms with Crippen LogP contribution in [0.2, 0.25) is 0 Å². The van der Waals surface area contributed by atoms with Crippen molar-refractivity contribution in [3.05, 3.63) is 66.7 Å². The maximum Gasteiger partial charge on any atom is 0.234 e. The lowest BCUT2D eigenvalue weighted by molar-refractivity contribution is -0.113. The van der Waals surface area contributed by atoms with Crippen molar-refractivity contribution in [2.45, 2.75) is 10.9 Å². The zero-order valence-corrected chi connectivity index (χ0v) is 15.3. The molecule has 0 aliphatic rings. The van der Waals surface area contributed by atoms with Gasteiger partial charge in [0.15, 0.2) is 4.34 Å². The molecule has 1 amide bonds. The molecular formula is C18H15N5OS2. The minimum absolute atomic E-state index is 0.0433. The zero-order chi connectivity index (χ0) is 17.8. The van der Waals surface area contributed by atoms with Crippen LogP contribution in [0.4, 0.5) is 5.69 Å². The zero-order valence-electron chi connectivity index (χ0n) is 13.7. The van der Waals surface area contributed by atoms with Crippen LogP contribution in [0.1, 0.15) is 5.56 Å². The van der Waals surface area contributed by atoms with E-state index < -0.39 is 0 Å². The van der Waals surface area contributed by atoms with Crippen molar-refractivity contribution in [2.24, 2.45) is 0 Å². The molecule has 0 unspecified atom stereocenters. The molecule has 6 nitrogen and oxygen atoms in total. The number of thiazole rings is 1. The van der Waals surface area contributed by atoms with Crippen molar-refractivity contribution >= 4 is 44.9 Å². The predicted molar refractivity (Wildman–Crippen MR) is 105 cm³/mol. The fraction of sp³-hybridized carbons (Fsp3) is 0.111. The number of hydrogen-bond donors (Lipinski definition) is 1. The van der Waals surface area contributed by atoms with Gasteiger partial charge in [-0.2, -0.15) is 5.10 Å². The molecule has 4 aromatic rings. The van der Waals surface area contributed by atoms with Gasteiger partial charge in [-0.25, -0.2) is 14.6 Å². The number of amides is 1. The topological polar surface area (TPSA) is 72.7 Å². The predicted octanol–water partition coefficient (Wildman–Crippen LogP) is 3.67. The molecule has 2 heterocycles. The lowest BCUT2D eigenvalue weighted by Crippen LogP contribution is -2.14. The van der Waals surface area contributed by atoms with Gasteiger partial charge in [0.05, 0.1) is 22.5 Å². The highest BCUT2D eigenvalue weighted by molar-refractivity contribution is 8.01. The Morgan fingerprint density at radius 2 is 2.00 bits per heavy atom. The van der Waals surface area contributed by atoms with Crippen LogP contribution < -0.4 is 5.32 Å². The van der Waals surface area contributed by atoms with Crippen LogP contribution in [0.5, 0.6) is 0 Å². The van der Waals surface area contributed by atoms with Gasteiger partial charge in [-0.05, 0) is 29.8 Å². The van der Waals surface area contributed by atoms with Gasteiger partial charge in [0.1, 0.15) is 12.7 Å². The summed E-state index contributed by atoms with van der Waals surface area (Å²) in [5.41, 5.74) is 2.85. The number of benzene rings is 2. The van der Waals surface area contributed by atoms with E-state index in [-0.39, 0.29) is 5.91 Å². The molecule has 1 N–H and O–H groups in total. The van der Waals surface area contributed by atoms with Crippen LogP contribution >= 0.6 is 23.1 Å². The van der Waals surface area contributed by atoms with Crippen LogP contribution in [-0.4, -0.2) is 31.4 Å². The maximum atomic E-state index is 12.2. The van der Waals surface area contributed by atoms with Gasteiger partial charge < -0.3 is 5.32 Å². The second-order valence-electron chi connectivity index (χ2n) is 5.57. The Kier molecular flexibility index (Phi) is 4.94. The highest BCUT2D eigenvalue weighted by atomic mass is 32.2.